The summed E-state index contributed by atoms with van der Waals surface area (Å²) >= 11 is 0.219. The third-order valence-corrected chi connectivity index (χ3v) is 8.75. The molecule has 0 atom stereocenters. The number of carbonyl (C=O) groups is 1. The van der Waals surface area contributed by atoms with Gasteiger partial charge in [0.15, 0.2) is 0 Å². The van der Waals surface area contributed by atoms with Crippen LogP contribution in [-0.2, 0) is 21.2 Å². The molecule has 4 nitrogen and oxygen atoms in total. The molecule has 0 unspecified atom stereocenters. The van der Waals surface area contributed by atoms with Gasteiger partial charge in [0.25, 0.3) is 0 Å². The van der Waals surface area contributed by atoms with E-state index >= 15 is 0 Å². The molecule has 31 heavy (non-hydrogen) atoms. The number of esters is 1. The fourth-order valence-electron chi connectivity index (χ4n) is 3.04. The summed E-state index contributed by atoms with van der Waals surface area (Å²) in [5.74, 6) is 0.289. The molecule has 2 aromatic rings. The van der Waals surface area contributed by atoms with Crippen molar-refractivity contribution < 1.29 is 19.0 Å². The Balaban J connectivity index is 2.34. The van der Waals surface area contributed by atoms with E-state index in [0.717, 1.165) is 36.2 Å². The van der Waals surface area contributed by atoms with Crippen LogP contribution in [-0.4, -0.2) is 49.5 Å². The van der Waals surface area contributed by atoms with Gasteiger partial charge in [-0.05, 0) is 0 Å². The topological polar surface area (TPSA) is 44.8 Å². The maximum absolute atomic E-state index is 13.2. The number of ether oxygens (including phenoxy) is 3. The summed E-state index contributed by atoms with van der Waals surface area (Å²) in [5, 5.41) is 0.818. The molecule has 0 saturated carbocycles. The average molecular weight is 508 g/mol. The van der Waals surface area contributed by atoms with Crippen LogP contribution in [0.3, 0.4) is 0 Å². The standard InChI is InChI=1S/C25H36O4SeSi/c1-6-7-11-20-16-21(18-30-22-12-9-8-10-13-22)24(23(17-20)29-19-27-2)25(26)28-14-15-31(3,4)5/h8-10,12-13,16-17H,6-7,11,14-15,18-19H2,1-5H3. The third kappa shape index (κ3) is 9.20. The van der Waals surface area contributed by atoms with E-state index in [2.05, 4.69) is 56.9 Å². The van der Waals surface area contributed by atoms with Gasteiger partial charge in [-0.2, -0.15) is 0 Å². The van der Waals surface area contributed by atoms with Crippen molar-refractivity contribution in [3.63, 3.8) is 0 Å². The Bertz CT molecular complexity index is 818. The molecular formula is C25H36O4SeSi. The first kappa shape index (κ1) is 25.7. The van der Waals surface area contributed by atoms with Gasteiger partial charge in [-0.3, -0.25) is 0 Å². The second-order valence-corrected chi connectivity index (χ2v) is 16.7. The normalized spacial score (nSPS) is 11.4. The first-order valence-corrected chi connectivity index (χ1v) is 16.7. The SMILES string of the molecule is CCCCc1cc(C[Se]c2ccccc2)c(C(=O)OCC[Si](C)(C)C)c(OCOC)c1. The molecule has 0 aliphatic carbocycles. The monoisotopic (exact) mass is 508 g/mol. The van der Waals surface area contributed by atoms with Gasteiger partial charge >= 0.3 is 195 Å². The predicted molar refractivity (Wildman–Crippen MR) is 132 cm³/mol. The minimum atomic E-state index is -1.28. The molecule has 2 aromatic carbocycles. The molecule has 0 aliphatic heterocycles. The van der Waals surface area contributed by atoms with Crippen LogP contribution < -0.4 is 9.20 Å². The van der Waals surface area contributed by atoms with Crippen LogP contribution >= 0.6 is 0 Å². The molecule has 0 fully saturated rings. The van der Waals surface area contributed by atoms with Gasteiger partial charge < -0.3 is 0 Å². The third-order valence-electron chi connectivity index (χ3n) is 4.82. The molecule has 0 saturated heterocycles. The predicted octanol–water partition coefficient (Wildman–Crippen LogP) is 5.04. The molecule has 0 radical (unpaired) electrons. The summed E-state index contributed by atoms with van der Waals surface area (Å²) < 4.78 is 18.0. The van der Waals surface area contributed by atoms with Gasteiger partial charge in [0.05, 0.1) is 0 Å². The summed E-state index contributed by atoms with van der Waals surface area (Å²) in [6.07, 6.45) is 3.20. The van der Waals surface area contributed by atoms with Gasteiger partial charge in [0.2, 0.25) is 0 Å². The van der Waals surface area contributed by atoms with Crippen LogP contribution in [0.2, 0.25) is 25.7 Å². The van der Waals surface area contributed by atoms with Crippen molar-refractivity contribution in [3.05, 3.63) is 59.2 Å². The van der Waals surface area contributed by atoms with Gasteiger partial charge in [-0.25, -0.2) is 0 Å². The summed E-state index contributed by atoms with van der Waals surface area (Å²) in [5.41, 5.74) is 2.78. The number of unbranched alkanes of at least 4 members (excludes halogenated alkanes) is 1. The zero-order valence-electron chi connectivity index (χ0n) is 19.5. The van der Waals surface area contributed by atoms with Crippen LogP contribution in [0.25, 0.3) is 0 Å². The summed E-state index contributed by atoms with van der Waals surface area (Å²) in [4.78, 5) is 13.2. The second-order valence-electron chi connectivity index (χ2n) is 8.83. The molecule has 0 bridgehead atoms. The van der Waals surface area contributed by atoms with Crippen molar-refractivity contribution in [3.8, 4) is 5.75 Å². The second kappa shape index (κ2) is 13.1. The number of benzene rings is 2. The Morgan fingerprint density at radius 2 is 1.84 bits per heavy atom. The number of carbonyl (C=O) groups excluding carboxylic acids is 1. The van der Waals surface area contributed by atoms with E-state index < -0.39 is 8.07 Å². The summed E-state index contributed by atoms with van der Waals surface area (Å²) in [6, 6.07) is 15.6. The molecule has 6 heteroatoms. The zero-order valence-corrected chi connectivity index (χ0v) is 22.2. The number of hydrogen-bond donors (Lipinski definition) is 0. The van der Waals surface area contributed by atoms with Gasteiger partial charge in [-0.15, -0.1) is 0 Å². The van der Waals surface area contributed by atoms with Crippen molar-refractivity contribution in [1.29, 1.82) is 0 Å². The fourth-order valence-corrected chi connectivity index (χ4v) is 5.64. The van der Waals surface area contributed by atoms with Crippen LogP contribution in [0.4, 0.5) is 0 Å². The minimum absolute atomic E-state index is 0.107. The first-order valence-electron chi connectivity index (χ1n) is 11.0. The molecule has 0 spiro atoms. The Morgan fingerprint density at radius 3 is 2.48 bits per heavy atom. The van der Waals surface area contributed by atoms with Crippen LogP contribution in [0.5, 0.6) is 5.75 Å². The molecule has 0 N–H and O–H groups in total. The van der Waals surface area contributed by atoms with E-state index in [-0.39, 0.29) is 27.7 Å². The van der Waals surface area contributed by atoms with Gasteiger partial charge in [-0.1, -0.05) is 0 Å². The van der Waals surface area contributed by atoms with E-state index in [0.29, 0.717) is 17.9 Å². The van der Waals surface area contributed by atoms with E-state index in [1.165, 1.54) is 10.0 Å². The first-order chi connectivity index (χ1) is 14.8. The number of aryl methyl sites for hydroxylation is 1. The van der Waals surface area contributed by atoms with Crippen LogP contribution in [0.15, 0.2) is 42.5 Å². The van der Waals surface area contributed by atoms with Crippen molar-refractivity contribution in [2.24, 2.45) is 0 Å². The zero-order chi connectivity index (χ0) is 22.7. The molecule has 2 rings (SSSR count). The Labute approximate surface area is 194 Å². The van der Waals surface area contributed by atoms with Crippen molar-refractivity contribution in [2.75, 3.05) is 20.5 Å². The molecule has 0 aliphatic rings. The average Bonchev–Trinajstić information content (AvgIpc) is 2.74. The molecule has 0 amide bonds. The van der Waals surface area contributed by atoms with Crippen molar-refractivity contribution in [1.82, 2.24) is 0 Å². The molecule has 0 heterocycles. The van der Waals surface area contributed by atoms with E-state index in [1.807, 2.05) is 12.1 Å². The Hall–Kier alpha value is -1.59. The van der Waals surface area contributed by atoms with E-state index in [1.54, 1.807) is 7.11 Å². The quantitative estimate of drug-likeness (QED) is 0.217. The van der Waals surface area contributed by atoms with E-state index in [9.17, 15) is 4.79 Å². The Kier molecular flexibility index (Phi) is 10.8. The van der Waals surface area contributed by atoms with Crippen molar-refractivity contribution in [2.45, 2.75) is 57.2 Å². The molecule has 0 aromatic heterocycles. The number of hydrogen-bond acceptors (Lipinski definition) is 4. The van der Waals surface area contributed by atoms with Crippen LogP contribution in [0, 0.1) is 0 Å². The van der Waals surface area contributed by atoms with Gasteiger partial charge in [0, 0.05) is 0 Å². The van der Waals surface area contributed by atoms with Crippen LogP contribution in [0.1, 0.15) is 41.3 Å². The van der Waals surface area contributed by atoms with Crippen molar-refractivity contribution >= 4 is 33.5 Å². The maximum atomic E-state index is 13.2. The number of methoxy groups -OCH3 is 1. The fraction of sp³-hybridized carbons (Fsp3) is 0.480. The molecular weight excluding hydrogens is 471 g/mol. The molecule has 170 valence electrons. The Morgan fingerprint density at radius 1 is 1.10 bits per heavy atom. The summed E-state index contributed by atoms with van der Waals surface area (Å²) in [7, 11) is 0.308. The summed E-state index contributed by atoms with van der Waals surface area (Å²) in [6.45, 7) is 9.60. The van der Waals surface area contributed by atoms with E-state index in [4.69, 9.17) is 14.2 Å². The number of rotatable bonds is 13. The van der Waals surface area contributed by atoms with Gasteiger partial charge in [0.1, 0.15) is 0 Å².